The Bertz CT molecular complexity index is 1210. The number of benzene rings is 3. The van der Waals surface area contributed by atoms with Crippen LogP contribution in [0.15, 0.2) is 84.3 Å². The fraction of sp³-hybridized carbons (Fsp3) is 0.148. The van der Waals surface area contributed by atoms with Crippen molar-refractivity contribution in [1.29, 1.82) is 0 Å². The van der Waals surface area contributed by atoms with Crippen molar-refractivity contribution in [2.45, 2.75) is 12.3 Å². The average Bonchev–Trinajstić information content (AvgIpc) is 3.40. The molecule has 3 nitrogen and oxygen atoms in total. The molecule has 0 fully saturated rings. The summed E-state index contributed by atoms with van der Waals surface area (Å²) in [5, 5.41) is 6.23. The fourth-order valence-electron chi connectivity index (χ4n) is 4.22. The Morgan fingerprint density at radius 3 is 2.48 bits per heavy atom. The van der Waals surface area contributed by atoms with E-state index in [-0.39, 0.29) is 12.0 Å². The Hall–Kier alpha value is -3.37. The molecule has 4 heteroatoms. The number of hydrogen-bond donors (Lipinski definition) is 1. The van der Waals surface area contributed by atoms with Gasteiger partial charge in [0.05, 0.1) is 0 Å². The fourth-order valence-corrected chi connectivity index (χ4v) is 4.99. The van der Waals surface area contributed by atoms with Gasteiger partial charge in [0.15, 0.2) is 0 Å². The molecule has 154 valence electrons. The summed E-state index contributed by atoms with van der Waals surface area (Å²) in [6, 6.07) is 25.3. The van der Waals surface area contributed by atoms with Gasteiger partial charge in [-0.05, 0) is 63.2 Å². The first-order valence-corrected chi connectivity index (χ1v) is 11.4. The summed E-state index contributed by atoms with van der Waals surface area (Å²) in [7, 11) is 0. The zero-order valence-electron chi connectivity index (χ0n) is 17.1. The molecular formula is C27H23NO2S. The van der Waals surface area contributed by atoms with E-state index in [1.165, 1.54) is 37.9 Å². The van der Waals surface area contributed by atoms with Crippen LogP contribution in [0.4, 0.5) is 4.79 Å². The lowest BCUT2D eigenvalue weighted by molar-refractivity contribution is 0.143. The van der Waals surface area contributed by atoms with Gasteiger partial charge < -0.3 is 10.1 Å². The molecule has 0 radical (unpaired) electrons. The second-order valence-corrected chi connectivity index (χ2v) is 8.61. The molecule has 1 N–H and O–H groups in total. The molecule has 0 unspecified atom stereocenters. The Kier molecular flexibility index (Phi) is 5.55. The first kappa shape index (κ1) is 19.6. The van der Waals surface area contributed by atoms with Gasteiger partial charge in [0.1, 0.15) is 6.61 Å². The third-order valence-electron chi connectivity index (χ3n) is 5.71. The predicted molar refractivity (Wildman–Crippen MR) is 129 cm³/mol. The molecule has 0 saturated heterocycles. The minimum Gasteiger partial charge on any atom is -0.449 e. The van der Waals surface area contributed by atoms with Crippen molar-refractivity contribution in [3.63, 3.8) is 0 Å². The Morgan fingerprint density at radius 2 is 1.71 bits per heavy atom. The number of hydrogen-bond acceptors (Lipinski definition) is 3. The normalized spacial score (nSPS) is 12.8. The van der Waals surface area contributed by atoms with Gasteiger partial charge in [-0.15, -0.1) is 11.3 Å². The maximum Gasteiger partial charge on any atom is 0.407 e. The van der Waals surface area contributed by atoms with Gasteiger partial charge >= 0.3 is 6.09 Å². The lowest BCUT2D eigenvalue weighted by Crippen LogP contribution is -2.26. The van der Waals surface area contributed by atoms with Crippen molar-refractivity contribution in [2.24, 2.45) is 0 Å². The molecule has 1 heterocycles. The number of alkyl carbamates (subject to hydrolysis) is 1. The van der Waals surface area contributed by atoms with Crippen LogP contribution in [-0.2, 0) is 4.74 Å². The molecule has 0 saturated carbocycles. The number of ether oxygens (including phenoxy) is 1. The zero-order chi connectivity index (χ0) is 21.0. The molecule has 5 rings (SSSR count). The van der Waals surface area contributed by atoms with Crippen LogP contribution in [0, 0.1) is 0 Å². The van der Waals surface area contributed by atoms with E-state index in [4.69, 9.17) is 4.74 Å². The highest BCUT2D eigenvalue weighted by atomic mass is 32.1. The van der Waals surface area contributed by atoms with Crippen molar-refractivity contribution in [2.75, 3.05) is 13.2 Å². The molecule has 0 spiro atoms. The van der Waals surface area contributed by atoms with Crippen LogP contribution in [0.25, 0.3) is 27.3 Å². The summed E-state index contributed by atoms with van der Waals surface area (Å²) in [5.41, 5.74) is 6.09. The van der Waals surface area contributed by atoms with Gasteiger partial charge in [0, 0.05) is 17.2 Å². The lowest BCUT2D eigenvalue weighted by atomic mass is 9.98. The average molecular weight is 426 g/mol. The largest absolute Gasteiger partial charge is 0.449 e. The predicted octanol–water partition coefficient (Wildman–Crippen LogP) is 6.84. The molecule has 1 aliphatic carbocycles. The highest BCUT2D eigenvalue weighted by Crippen LogP contribution is 2.44. The van der Waals surface area contributed by atoms with Gasteiger partial charge in [-0.1, -0.05) is 66.7 Å². The smallest absolute Gasteiger partial charge is 0.407 e. The summed E-state index contributed by atoms with van der Waals surface area (Å²) in [6.07, 6.45) is 4.56. The summed E-state index contributed by atoms with van der Waals surface area (Å²) in [5.74, 6) is 0.0880. The number of thiophene rings is 1. The topological polar surface area (TPSA) is 38.3 Å². The molecule has 0 atom stereocenters. The molecule has 0 bridgehead atoms. The first-order chi connectivity index (χ1) is 15.3. The van der Waals surface area contributed by atoms with Gasteiger partial charge in [0.25, 0.3) is 0 Å². The van der Waals surface area contributed by atoms with Crippen molar-refractivity contribution in [3.8, 4) is 11.1 Å². The maximum atomic E-state index is 12.2. The standard InChI is InChI=1S/C27H23NO2S/c29-27(28-15-6-5-7-19-12-13-26-20(17-19)14-16-31-26)30-18-25-23-10-3-1-8-21(23)22-9-2-4-11-24(22)25/h1-5,7-14,16-17,25H,6,15,18H2,(H,28,29). The number of rotatable bonds is 6. The van der Waals surface area contributed by atoms with Crippen LogP contribution in [-0.4, -0.2) is 19.2 Å². The maximum absolute atomic E-state index is 12.2. The van der Waals surface area contributed by atoms with E-state index in [0.29, 0.717) is 13.2 Å². The van der Waals surface area contributed by atoms with Crippen molar-refractivity contribution in [3.05, 3.63) is 101 Å². The lowest BCUT2D eigenvalue weighted by Gasteiger charge is -2.14. The van der Waals surface area contributed by atoms with Crippen LogP contribution in [0.3, 0.4) is 0 Å². The van der Waals surface area contributed by atoms with Crippen LogP contribution < -0.4 is 5.32 Å². The van der Waals surface area contributed by atoms with E-state index in [2.05, 4.69) is 83.5 Å². The third-order valence-corrected chi connectivity index (χ3v) is 6.61. The van der Waals surface area contributed by atoms with Crippen LogP contribution in [0.5, 0.6) is 0 Å². The summed E-state index contributed by atoms with van der Waals surface area (Å²) >= 11 is 1.75. The summed E-state index contributed by atoms with van der Waals surface area (Å²) in [6.45, 7) is 0.893. The molecule has 4 aromatic rings. The van der Waals surface area contributed by atoms with Crippen LogP contribution in [0.1, 0.15) is 29.0 Å². The van der Waals surface area contributed by atoms with Gasteiger partial charge in [0.2, 0.25) is 0 Å². The number of amides is 1. The number of fused-ring (bicyclic) bond motifs is 4. The highest BCUT2D eigenvalue weighted by Gasteiger charge is 2.28. The minimum absolute atomic E-state index is 0.0880. The van der Waals surface area contributed by atoms with Crippen molar-refractivity contribution >= 4 is 33.6 Å². The van der Waals surface area contributed by atoms with E-state index in [1.807, 2.05) is 12.1 Å². The Labute approximate surface area is 186 Å². The van der Waals surface area contributed by atoms with Gasteiger partial charge in [-0.25, -0.2) is 4.79 Å². The van der Waals surface area contributed by atoms with E-state index in [9.17, 15) is 4.79 Å². The minimum atomic E-state index is -0.366. The van der Waals surface area contributed by atoms with E-state index in [0.717, 1.165) is 6.42 Å². The number of carbonyl (C=O) groups is 1. The van der Waals surface area contributed by atoms with Crippen molar-refractivity contribution in [1.82, 2.24) is 5.32 Å². The molecule has 0 aliphatic heterocycles. The quantitative estimate of drug-likeness (QED) is 0.343. The number of carbonyl (C=O) groups excluding carboxylic acids is 1. The third kappa shape index (κ3) is 4.12. The number of nitrogens with one attached hydrogen (secondary N) is 1. The first-order valence-electron chi connectivity index (χ1n) is 10.5. The van der Waals surface area contributed by atoms with Crippen LogP contribution in [0.2, 0.25) is 0 Å². The summed E-state index contributed by atoms with van der Waals surface area (Å²) < 4.78 is 6.87. The molecular weight excluding hydrogens is 402 g/mol. The SMILES string of the molecule is O=C(NCCC=Cc1ccc2sccc2c1)OCC1c2ccccc2-c2ccccc21. The highest BCUT2D eigenvalue weighted by molar-refractivity contribution is 7.17. The molecule has 3 aromatic carbocycles. The molecule has 1 aromatic heterocycles. The molecule has 1 aliphatic rings. The van der Waals surface area contributed by atoms with E-state index >= 15 is 0 Å². The van der Waals surface area contributed by atoms with Crippen molar-refractivity contribution < 1.29 is 9.53 Å². The Morgan fingerprint density at radius 1 is 0.968 bits per heavy atom. The van der Waals surface area contributed by atoms with E-state index in [1.54, 1.807) is 11.3 Å². The van der Waals surface area contributed by atoms with Crippen LogP contribution >= 0.6 is 11.3 Å². The second-order valence-electron chi connectivity index (χ2n) is 7.66. The zero-order valence-corrected chi connectivity index (χ0v) is 17.9. The summed E-state index contributed by atoms with van der Waals surface area (Å²) in [4.78, 5) is 12.2. The Balaban J connectivity index is 1.12. The molecule has 1 amide bonds. The molecule has 31 heavy (non-hydrogen) atoms. The van der Waals surface area contributed by atoms with Gasteiger partial charge in [-0.2, -0.15) is 0 Å². The van der Waals surface area contributed by atoms with Gasteiger partial charge in [-0.3, -0.25) is 0 Å². The van der Waals surface area contributed by atoms with E-state index < -0.39 is 0 Å². The second kappa shape index (κ2) is 8.78. The monoisotopic (exact) mass is 425 g/mol.